The summed E-state index contributed by atoms with van der Waals surface area (Å²) >= 11 is 0. The van der Waals surface area contributed by atoms with Crippen LogP contribution in [0.5, 0.6) is 0 Å². The predicted octanol–water partition coefficient (Wildman–Crippen LogP) is 2.14. The molecule has 90 valence electrons. The van der Waals surface area contributed by atoms with Crippen molar-refractivity contribution in [1.82, 2.24) is 10.3 Å². The summed E-state index contributed by atoms with van der Waals surface area (Å²) in [7, 11) is 0. The molecule has 0 spiro atoms. The quantitative estimate of drug-likeness (QED) is 0.851. The van der Waals surface area contributed by atoms with Crippen molar-refractivity contribution in [3.8, 4) is 0 Å². The van der Waals surface area contributed by atoms with Gasteiger partial charge in [0.2, 0.25) is 0 Å². The Morgan fingerprint density at radius 1 is 1.41 bits per heavy atom. The molecule has 3 nitrogen and oxygen atoms in total. The standard InChI is InChI=1S/C13H15FN2O/c14-11-7-15-4-3-10(11)13(17)16-12-6-8-1-2-9(12)5-8/h3-4,7-9,12H,1-2,5-6H2,(H,16,17). The highest BCUT2D eigenvalue weighted by atomic mass is 19.1. The van der Waals surface area contributed by atoms with Gasteiger partial charge < -0.3 is 5.32 Å². The second-order valence-electron chi connectivity index (χ2n) is 5.11. The van der Waals surface area contributed by atoms with Gasteiger partial charge in [0, 0.05) is 12.2 Å². The van der Waals surface area contributed by atoms with Gasteiger partial charge in [-0.25, -0.2) is 4.39 Å². The molecule has 4 heteroatoms. The van der Waals surface area contributed by atoms with E-state index >= 15 is 0 Å². The number of pyridine rings is 1. The maximum absolute atomic E-state index is 13.4. The molecule has 0 saturated heterocycles. The first kappa shape index (κ1) is 10.7. The van der Waals surface area contributed by atoms with Crippen LogP contribution in [0.15, 0.2) is 18.5 Å². The van der Waals surface area contributed by atoms with Gasteiger partial charge >= 0.3 is 0 Å². The van der Waals surface area contributed by atoms with Crippen LogP contribution in [-0.2, 0) is 0 Å². The molecule has 2 aliphatic rings. The monoisotopic (exact) mass is 234 g/mol. The van der Waals surface area contributed by atoms with Gasteiger partial charge in [-0.1, -0.05) is 6.42 Å². The Bertz CT molecular complexity index is 449. The molecular formula is C13H15FN2O. The van der Waals surface area contributed by atoms with Crippen LogP contribution in [0.4, 0.5) is 4.39 Å². The van der Waals surface area contributed by atoms with E-state index in [0.717, 1.165) is 18.5 Å². The topological polar surface area (TPSA) is 42.0 Å². The molecule has 3 atom stereocenters. The highest BCUT2D eigenvalue weighted by molar-refractivity contribution is 5.94. The second-order valence-corrected chi connectivity index (χ2v) is 5.11. The molecule has 0 aromatic carbocycles. The average Bonchev–Trinajstić information content (AvgIpc) is 2.91. The van der Waals surface area contributed by atoms with Crippen molar-refractivity contribution in [2.24, 2.45) is 11.8 Å². The number of hydrogen-bond donors (Lipinski definition) is 1. The lowest BCUT2D eigenvalue weighted by Gasteiger charge is -2.22. The van der Waals surface area contributed by atoms with E-state index in [0.29, 0.717) is 5.92 Å². The summed E-state index contributed by atoms with van der Waals surface area (Å²) in [6, 6.07) is 1.67. The number of amides is 1. The van der Waals surface area contributed by atoms with Gasteiger partial charge in [0.05, 0.1) is 11.8 Å². The lowest BCUT2D eigenvalue weighted by molar-refractivity contribution is 0.0918. The van der Waals surface area contributed by atoms with E-state index in [1.807, 2.05) is 0 Å². The Hall–Kier alpha value is -1.45. The van der Waals surface area contributed by atoms with E-state index in [1.54, 1.807) is 0 Å². The molecule has 3 unspecified atom stereocenters. The van der Waals surface area contributed by atoms with Gasteiger partial charge in [0.25, 0.3) is 5.91 Å². The third-order valence-electron chi connectivity index (χ3n) is 4.07. The van der Waals surface area contributed by atoms with E-state index in [1.165, 1.54) is 31.5 Å². The van der Waals surface area contributed by atoms with Gasteiger partial charge in [0.15, 0.2) is 5.82 Å². The third kappa shape index (κ3) is 1.92. The third-order valence-corrected chi connectivity index (χ3v) is 4.07. The first-order chi connectivity index (χ1) is 8.24. The molecular weight excluding hydrogens is 219 g/mol. The molecule has 1 N–H and O–H groups in total. The van der Waals surface area contributed by atoms with E-state index in [4.69, 9.17) is 0 Å². The van der Waals surface area contributed by atoms with Crippen LogP contribution in [0.25, 0.3) is 0 Å². The zero-order valence-corrected chi connectivity index (χ0v) is 9.53. The molecule has 1 aromatic rings. The van der Waals surface area contributed by atoms with Gasteiger partial charge in [-0.05, 0) is 37.2 Å². The summed E-state index contributed by atoms with van der Waals surface area (Å²) < 4.78 is 13.4. The van der Waals surface area contributed by atoms with Gasteiger partial charge in [-0.2, -0.15) is 0 Å². The maximum Gasteiger partial charge on any atom is 0.254 e. The largest absolute Gasteiger partial charge is 0.349 e. The second kappa shape index (κ2) is 4.09. The van der Waals surface area contributed by atoms with Gasteiger partial charge in [-0.3, -0.25) is 9.78 Å². The number of rotatable bonds is 2. The Labute approximate surface area is 99.4 Å². The average molecular weight is 234 g/mol. The normalized spacial score (nSPS) is 30.5. The predicted molar refractivity (Wildman–Crippen MR) is 60.9 cm³/mol. The van der Waals surface area contributed by atoms with Crippen LogP contribution in [0.3, 0.4) is 0 Å². The molecule has 0 radical (unpaired) electrons. The van der Waals surface area contributed by atoms with Crippen LogP contribution >= 0.6 is 0 Å². The van der Waals surface area contributed by atoms with Crippen LogP contribution in [0.1, 0.15) is 36.0 Å². The number of hydrogen-bond acceptors (Lipinski definition) is 2. The summed E-state index contributed by atoms with van der Waals surface area (Å²) in [5.74, 6) is 0.525. The summed E-state index contributed by atoms with van der Waals surface area (Å²) in [6.45, 7) is 0. The van der Waals surface area contributed by atoms with E-state index in [9.17, 15) is 9.18 Å². The van der Waals surface area contributed by atoms with Crippen molar-refractivity contribution in [3.63, 3.8) is 0 Å². The number of halogens is 1. The molecule has 1 aromatic heterocycles. The fourth-order valence-electron chi connectivity index (χ4n) is 3.23. The lowest BCUT2D eigenvalue weighted by Crippen LogP contribution is -2.38. The molecule has 2 fully saturated rings. The SMILES string of the molecule is O=C(NC1CC2CCC1C2)c1ccncc1F. The minimum atomic E-state index is -0.548. The van der Waals surface area contributed by atoms with Crippen LogP contribution in [0, 0.1) is 17.7 Å². The van der Waals surface area contributed by atoms with Crippen molar-refractivity contribution in [3.05, 3.63) is 29.8 Å². The van der Waals surface area contributed by atoms with Crippen LogP contribution in [0.2, 0.25) is 0 Å². The Morgan fingerprint density at radius 3 is 2.94 bits per heavy atom. The zero-order valence-electron chi connectivity index (χ0n) is 9.53. The van der Waals surface area contributed by atoms with E-state index < -0.39 is 5.82 Å². The lowest BCUT2D eigenvalue weighted by atomic mass is 9.95. The number of nitrogens with zero attached hydrogens (tertiary/aromatic N) is 1. The highest BCUT2D eigenvalue weighted by Gasteiger charge is 2.40. The highest BCUT2D eigenvalue weighted by Crippen LogP contribution is 2.44. The number of aromatic nitrogens is 1. The molecule has 17 heavy (non-hydrogen) atoms. The number of carbonyl (C=O) groups excluding carboxylic acids is 1. The number of nitrogens with one attached hydrogen (secondary N) is 1. The molecule has 2 saturated carbocycles. The first-order valence-electron chi connectivity index (χ1n) is 6.14. The van der Waals surface area contributed by atoms with Crippen molar-refractivity contribution in [2.75, 3.05) is 0 Å². The van der Waals surface area contributed by atoms with Crippen molar-refractivity contribution < 1.29 is 9.18 Å². The Balaban J connectivity index is 1.70. The Morgan fingerprint density at radius 2 is 2.29 bits per heavy atom. The summed E-state index contributed by atoms with van der Waals surface area (Å²) in [5.41, 5.74) is 0.0998. The number of carbonyl (C=O) groups is 1. The van der Waals surface area contributed by atoms with Crippen molar-refractivity contribution >= 4 is 5.91 Å². The van der Waals surface area contributed by atoms with E-state index in [-0.39, 0.29) is 17.5 Å². The minimum Gasteiger partial charge on any atom is -0.349 e. The first-order valence-corrected chi connectivity index (χ1v) is 6.14. The molecule has 0 aliphatic heterocycles. The fraction of sp³-hybridized carbons (Fsp3) is 0.538. The molecule has 2 aliphatic carbocycles. The smallest absolute Gasteiger partial charge is 0.254 e. The van der Waals surface area contributed by atoms with Gasteiger partial charge in [0.1, 0.15) is 0 Å². The molecule has 1 heterocycles. The maximum atomic E-state index is 13.4. The summed E-state index contributed by atoms with van der Waals surface area (Å²) in [4.78, 5) is 15.6. The zero-order chi connectivity index (χ0) is 11.8. The summed E-state index contributed by atoms with van der Waals surface area (Å²) in [5, 5.41) is 2.96. The van der Waals surface area contributed by atoms with Crippen molar-refractivity contribution in [1.29, 1.82) is 0 Å². The van der Waals surface area contributed by atoms with E-state index in [2.05, 4.69) is 10.3 Å². The van der Waals surface area contributed by atoms with Crippen molar-refractivity contribution in [2.45, 2.75) is 31.7 Å². The molecule has 2 bridgehead atoms. The molecule has 1 amide bonds. The van der Waals surface area contributed by atoms with Crippen LogP contribution in [-0.4, -0.2) is 16.9 Å². The summed E-state index contributed by atoms with van der Waals surface area (Å²) in [6.07, 6.45) is 7.30. The number of fused-ring (bicyclic) bond motifs is 2. The van der Waals surface area contributed by atoms with Crippen LogP contribution < -0.4 is 5.32 Å². The van der Waals surface area contributed by atoms with Gasteiger partial charge in [-0.15, -0.1) is 0 Å². The Kier molecular flexibility index (Phi) is 2.57. The molecule has 3 rings (SSSR count). The fourth-order valence-corrected chi connectivity index (χ4v) is 3.23. The minimum absolute atomic E-state index is 0.0998.